The minimum atomic E-state index is -4.04. The van der Waals surface area contributed by atoms with E-state index in [0.29, 0.717) is 10.0 Å². The molecule has 0 atom stereocenters. The smallest absolute Gasteiger partial charge is 0.261 e. The Labute approximate surface area is 181 Å². The van der Waals surface area contributed by atoms with Crippen LogP contribution in [-0.4, -0.2) is 14.3 Å². The maximum Gasteiger partial charge on any atom is 0.261 e. The van der Waals surface area contributed by atoms with Gasteiger partial charge in [-0.15, -0.1) is 0 Å². The minimum Gasteiger partial charge on any atom is -0.319 e. The molecule has 10 heteroatoms. The number of amides is 1. The molecule has 2 N–H and O–H groups in total. The van der Waals surface area contributed by atoms with Gasteiger partial charge in [0.25, 0.3) is 15.9 Å². The second-order valence-electron chi connectivity index (χ2n) is 5.83. The van der Waals surface area contributed by atoms with Crippen LogP contribution in [0.3, 0.4) is 0 Å². The third-order valence-electron chi connectivity index (χ3n) is 3.77. The van der Waals surface area contributed by atoms with Gasteiger partial charge in [-0.25, -0.2) is 12.8 Å². The topological polar surface area (TPSA) is 75.3 Å². The Morgan fingerprint density at radius 1 is 0.862 bits per heavy atom. The van der Waals surface area contributed by atoms with Gasteiger partial charge in [0.2, 0.25) is 0 Å². The van der Waals surface area contributed by atoms with Gasteiger partial charge in [0.05, 0.1) is 21.2 Å². The van der Waals surface area contributed by atoms with E-state index >= 15 is 0 Å². The van der Waals surface area contributed by atoms with E-state index in [1.807, 2.05) is 0 Å². The highest BCUT2D eigenvalue weighted by Gasteiger charge is 2.18. The van der Waals surface area contributed by atoms with Crippen molar-refractivity contribution in [3.05, 3.63) is 87.1 Å². The Hall–Kier alpha value is -2.32. The van der Waals surface area contributed by atoms with Crippen molar-refractivity contribution in [1.82, 2.24) is 0 Å². The van der Waals surface area contributed by atoms with Crippen LogP contribution < -0.4 is 10.0 Å². The first-order chi connectivity index (χ1) is 13.7. The molecule has 0 fully saturated rings. The number of hydrogen-bond donors (Lipinski definition) is 2. The third kappa shape index (κ3) is 5.19. The number of carbonyl (C=O) groups excluding carboxylic acids is 1. The molecule has 0 saturated carbocycles. The summed E-state index contributed by atoms with van der Waals surface area (Å²) in [5.74, 6) is -1.59. The summed E-state index contributed by atoms with van der Waals surface area (Å²) < 4.78 is 41.6. The van der Waals surface area contributed by atoms with Crippen LogP contribution >= 0.6 is 34.8 Å². The number of hydrogen-bond acceptors (Lipinski definition) is 3. The minimum absolute atomic E-state index is 0.0940. The lowest BCUT2D eigenvalue weighted by Gasteiger charge is -2.11. The van der Waals surface area contributed by atoms with Crippen molar-refractivity contribution in [2.24, 2.45) is 0 Å². The zero-order chi connectivity index (χ0) is 21.2. The number of halogens is 4. The maximum absolute atomic E-state index is 14.4. The Kier molecular flexibility index (Phi) is 6.33. The largest absolute Gasteiger partial charge is 0.319 e. The van der Waals surface area contributed by atoms with Crippen molar-refractivity contribution in [1.29, 1.82) is 0 Å². The summed E-state index contributed by atoms with van der Waals surface area (Å²) in [5.41, 5.74) is 0.160. The lowest BCUT2D eigenvalue weighted by Crippen LogP contribution is -2.15. The summed E-state index contributed by atoms with van der Waals surface area (Å²) in [6.45, 7) is 0. The van der Waals surface area contributed by atoms with Gasteiger partial charge < -0.3 is 5.32 Å². The van der Waals surface area contributed by atoms with E-state index in [2.05, 4.69) is 10.0 Å². The summed E-state index contributed by atoms with van der Waals surface area (Å²) in [6, 6.07) is 13.3. The van der Waals surface area contributed by atoms with Gasteiger partial charge in [0.1, 0.15) is 5.82 Å². The van der Waals surface area contributed by atoms with E-state index in [-0.39, 0.29) is 26.9 Å². The molecule has 0 spiro atoms. The number of rotatable bonds is 5. The van der Waals surface area contributed by atoms with Gasteiger partial charge in [0.15, 0.2) is 0 Å². The van der Waals surface area contributed by atoms with E-state index in [1.165, 1.54) is 48.5 Å². The Morgan fingerprint density at radius 2 is 1.52 bits per heavy atom. The molecule has 0 aliphatic rings. The SMILES string of the molecule is O=C(Nc1ccc(S(=O)(=O)Nc2ccc(Cl)cc2)cc1F)c1ccc(Cl)cc1Cl. The van der Waals surface area contributed by atoms with Crippen LogP contribution in [0.2, 0.25) is 15.1 Å². The molecule has 150 valence electrons. The molecule has 5 nitrogen and oxygen atoms in total. The first-order valence-corrected chi connectivity index (χ1v) is 10.6. The van der Waals surface area contributed by atoms with Gasteiger partial charge in [-0.2, -0.15) is 0 Å². The predicted octanol–water partition coefficient (Wildman–Crippen LogP) is 5.84. The van der Waals surface area contributed by atoms with Crippen molar-refractivity contribution in [3.63, 3.8) is 0 Å². The number of nitrogens with one attached hydrogen (secondary N) is 2. The fourth-order valence-electron chi connectivity index (χ4n) is 2.36. The summed E-state index contributed by atoms with van der Waals surface area (Å²) in [4.78, 5) is 12.0. The van der Waals surface area contributed by atoms with Crippen molar-refractivity contribution in [3.8, 4) is 0 Å². The van der Waals surface area contributed by atoms with Crippen molar-refractivity contribution < 1.29 is 17.6 Å². The highest BCUT2D eigenvalue weighted by molar-refractivity contribution is 7.92. The van der Waals surface area contributed by atoms with Gasteiger partial charge in [-0.05, 0) is 60.7 Å². The molecule has 0 aliphatic heterocycles. The molecule has 0 bridgehead atoms. The lowest BCUT2D eigenvalue weighted by molar-refractivity contribution is 0.102. The maximum atomic E-state index is 14.4. The fourth-order valence-corrected chi connectivity index (χ4v) is 4.05. The summed E-state index contributed by atoms with van der Waals surface area (Å²) in [6.07, 6.45) is 0. The van der Waals surface area contributed by atoms with Crippen LogP contribution in [0.4, 0.5) is 15.8 Å². The molecule has 0 saturated heterocycles. The molecule has 3 aromatic rings. The van der Waals surface area contributed by atoms with Crippen molar-refractivity contribution in [2.45, 2.75) is 4.90 Å². The second-order valence-corrected chi connectivity index (χ2v) is 8.79. The zero-order valence-corrected chi connectivity index (χ0v) is 17.5. The number of sulfonamides is 1. The molecule has 3 aromatic carbocycles. The Bertz CT molecular complexity index is 1190. The van der Waals surface area contributed by atoms with Crippen LogP contribution in [-0.2, 0) is 10.0 Å². The van der Waals surface area contributed by atoms with Gasteiger partial charge in [-0.3, -0.25) is 9.52 Å². The molecule has 0 aliphatic carbocycles. The Balaban J connectivity index is 1.80. The van der Waals surface area contributed by atoms with E-state index in [9.17, 15) is 17.6 Å². The molecule has 0 heterocycles. The quantitative estimate of drug-likeness (QED) is 0.489. The average Bonchev–Trinajstić information content (AvgIpc) is 2.65. The third-order valence-corrected chi connectivity index (χ3v) is 5.95. The zero-order valence-electron chi connectivity index (χ0n) is 14.4. The van der Waals surface area contributed by atoms with Crippen LogP contribution in [0, 0.1) is 5.82 Å². The first-order valence-electron chi connectivity index (χ1n) is 8.00. The predicted molar refractivity (Wildman–Crippen MR) is 113 cm³/mol. The molecule has 3 rings (SSSR count). The molecule has 1 amide bonds. The number of benzene rings is 3. The second kappa shape index (κ2) is 8.59. The van der Waals surface area contributed by atoms with Crippen LogP contribution in [0.15, 0.2) is 65.6 Å². The van der Waals surface area contributed by atoms with E-state index in [4.69, 9.17) is 34.8 Å². The lowest BCUT2D eigenvalue weighted by atomic mass is 10.2. The first kappa shape index (κ1) is 21.4. The van der Waals surface area contributed by atoms with Crippen molar-refractivity contribution in [2.75, 3.05) is 10.0 Å². The monoisotopic (exact) mass is 472 g/mol. The van der Waals surface area contributed by atoms with E-state index in [1.54, 1.807) is 0 Å². The average molecular weight is 474 g/mol. The standard InChI is InChI=1S/C19H12Cl3FN2O3S/c20-11-1-4-13(5-2-11)25-29(27,28)14-6-8-18(17(23)10-14)24-19(26)15-7-3-12(21)9-16(15)22/h1-10,25H,(H,24,26). The molecular weight excluding hydrogens is 462 g/mol. The molecule has 29 heavy (non-hydrogen) atoms. The summed E-state index contributed by atoms with van der Waals surface area (Å²) in [7, 11) is -4.04. The Morgan fingerprint density at radius 3 is 2.14 bits per heavy atom. The van der Waals surface area contributed by atoms with Crippen LogP contribution in [0.5, 0.6) is 0 Å². The van der Waals surface area contributed by atoms with Crippen LogP contribution in [0.25, 0.3) is 0 Å². The normalized spacial score (nSPS) is 11.2. The molecule has 0 radical (unpaired) electrons. The molecular formula is C19H12Cl3FN2O3S. The van der Waals surface area contributed by atoms with E-state index < -0.39 is 21.7 Å². The summed E-state index contributed by atoms with van der Waals surface area (Å²) >= 11 is 17.5. The number of anilines is 2. The van der Waals surface area contributed by atoms with Crippen molar-refractivity contribution >= 4 is 62.1 Å². The number of carbonyl (C=O) groups is 1. The van der Waals surface area contributed by atoms with Crippen LogP contribution in [0.1, 0.15) is 10.4 Å². The van der Waals surface area contributed by atoms with E-state index in [0.717, 1.165) is 12.1 Å². The molecule has 0 aromatic heterocycles. The van der Waals surface area contributed by atoms with Gasteiger partial charge in [-0.1, -0.05) is 34.8 Å². The highest BCUT2D eigenvalue weighted by atomic mass is 35.5. The molecule has 0 unspecified atom stereocenters. The fraction of sp³-hybridized carbons (Fsp3) is 0. The highest BCUT2D eigenvalue weighted by Crippen LogP contribution is 2.25. The van der Waals surface area contributed by atoms with Gasteiger partial charge in [0, 0.05) is 15.7 Å². The van der Waals surface area contributed by atoms with Gasteiger partial charge >= 0.3 is 0 Å². The summed E-state index contributed by atoms with van der Waals surface area (Å²) in [5, 5.41) is 3.24.